The number of hydrogen-bond donors (Lipinski definition) is 1. The van der Waals surface area contributed by atoms with Crippen LogP contribution in [0.25, 0.3) is 11.3 Å². The smallest absolute Gasteiger partial charge is 0.337 e. The van der Waals surface area contributed by atoms with Gasteiger partial charge < -0.3 is 9.84 Å². The maximum Gasteiger partial charge on any atom is 0.337 e. The molecule has 1 heterocycles. The average Bonchev–Trinajstić information content (AvgIpc) is 2.56. The third kappa shape index (κ3) is 3.80. The lowest BCUT2D eigenvalue weighted by molar-refractivity contribution is 0.0696. The summed E-state index contributed by atoms with van der Waals surface area (Å²) in [6, 6.07) is 10.3. The third-order valence-corrected chi connectivity index (χ3v) is 2.61. The first-order valence-corrected chi connectivity index (χ1v) is 6.43. The second-order valence-corrected chi connectivity index (χ2v) is 3.77. The highest BCUT2D eigenvalue weighted by molar-refractivity contribution is 5.88. The molecule has 108 valence electrons. The number of aromatic nitrogens is 1. The average molecular weight is 284 g/mol. The van der Waals surface area contributed by atoms with Crippen molar-refractivity contribution < 1.29 is 14.6 Å². The van der Waals surface area contributed by atoms with Crippen molar-refractivity contribution in [3.05, 3.63) is 47.7 Å². The summed E-state index contributed by atoms with van der Waals surface area (Å²) in [5.74, 6) is -0.679. The summed E-state index contributed by atoms with van der Waals surface area (Å²) in [4.78, 5) is 15.0. The summed E-state index contributed by atoms with van der Waals surface area (Å²) >= 11 is 0. The second-order valence-electron chi connectivity index (χ2n) is 3.77. The molecule has 5 heteroatoms. The van der Waals surface area contributed by atoms with E-state index in [2.05, 4.69) is 4.98 Å². The van der Waals surface area contributed by atoms with Gasteiger partial charge in [-0.25, -0.2) is 4.79 Å². The van der Waals surface area contributed by atoms with Crippen LogP contribution >= 0.6 is 0 Å². The van der Waals surface area contributed by atoms with E-state index in [1.54, 1.807) is 24.3 Å². The number of methoxy groups -OCH3 is 1. The van der Waals surface area contributed by atoms with Gasteiger partial charge in [-0.15, -0.1) is 0 Å². The molecule has 2 aromatic rings. The fourth-order valence-electron chi connectivity index (χ4n) is 1.64. The molecule has 21 heavy (non-hydrogen) atoms. The largest absolute Gasteiger partial charge is 0.494 e. The Morgan fingerprint density at radius 3 is 2.38 bits per heavy atom. The zero-order valence-corrected chi connectivity index (χ0v) is 12.1. The minimum absolute atomic E-state index is 0.0641. The summed E-state index contributed by atoms with van der Waals surface area (Å²) in [6.07, 6.45) is 1.28. The van der Waals surface area contributed by atoms with E-state index in [0.29, 0.717) is 17.0 Å². The van der Waals surface area contributed by atoms with Crippen molar-refractivity contribution in [3.63, 3.8) is 0 Å². The first-order valence-electron chi connectivity index (χ1n) is 6.43. The number of aromatic carboxylic acids is 1. The standard InChI is InChI=1S/C14H10N2O3.C2H6/c1-19-12-6-11(14(17)18)8-16-13(12)10-4-2-9(7-15)3-5-10;1-2/h2-6,8H,1H3,(H,17,18);1-2H3. The number of pyridine rings is 1. The lowest BCUT2D eigenvalue weighted by Gasteiger charge is -2.08. The molecule has 1 aromatic heterocycles. The molecule has 0 fully saturated rings. The van der Waals surface area contributed by atoms with Gasteiger partial charge in [0.2, 0.25) is 0 Å². The summed E-state index contributed by atoms with van der Waals surface area (Å²) < 4.78 is 5.16. The van der Waals surface area contributed by atoms with E-state index in [4.69, 9.17) is 15.1 Å². The molecule has 0 saturated heterocycles. The molecular weight excluding hydrogens is 268 g/mol. The van der Waals surface area contributed by atoms with Crippen molar-refractivity contribution in [2.24, 2.45) is 0 Å². The highest BCUT2D eigenvalue weighted by Gasteiger charge is 2.12. The van der Waals surface area contributed by atoms with Gasteiger partial charge in [0, 0.05) is 11.8 Å². The van der Waals surface area contributed by atoms with Crippen molar-refractivity contribution in [3.8, 4) is 23.1 Å². The molecule has 2 rings (SSSR count). The van der Waals surface area contributed by atoms with Gasteiger partial charge in [-0.1, -0.05) is 26.0 Å². The molecule has 5 nitrogen and oxygen atoms in total. The third-order valence-electron chi connectivity index (χ3n) is 2.61. The van der Waals surface area contributed by atoms with E-state index in [9.17, 15) is 4.79 Å². The van der Waals surface area contributed by atoms with Gasteiger partial charge in [-0.2, -0.15) is 5.26 Å². The zero-order valence-electron chi connectivity index (χ0n) is 12.1. The number of hydrogen-bond acceptors (Lipinski definition) is 4. The molecule has 1 N–H and O–H groups in total. The number of ether oxygens (including phenoxy) is 1. The van der Waals surface area contributed by atoms with Crippen LogP contribution in [0, 0.1) is 11.3 Å². The lowest BCUT2D eigenvalue weighted by Crippen LogP contribution is -2.00. The molecular formula is C16H16N2O3. The van der Waals surface area contributed by atoms with Crippen LogP contribution in [0.4, 0.5) is 0 Å². The second kappa shape index (κ2) is 7.65. The van der Waals surface area contributed by atoms with Gasteiger partial charge in [0.1, 0.15) is 11.4 Å². The van der Waals surface area contributed by atoms with Gasteiger partial charge in [0.25, 0.3) is 0 Å². The van der Waals surface area contributed by atoms with Gasteiger partial charge >= 0.3 is 5.97 Å². The Morgan fingerprint density at radius 1 is 1.29 bits per heavy atom. The minimum atomic E-state index is -1.06. The Morgan fingerprint density at radius 2 is 1.90 bits per heavy atom. The van der Waals surface area contributed by atoms with Crippen LogP contribution in [0.5, 0.6) is 5.75 Å². The van der Waals surface area contributed by atoms with Crippen LogP contribution in [0.15, 0.2) is 36.5 Å². The monoisotopic (exact) mass is 284 g/mol. The summed E-state index contributed by atoms with van der Waals surface area (Å²) in [5.41, 5.74) is 1.91. The Bertz CT molecular complexity index is 658. The lowest BCUT2D eigenvalue weighted by atomic mass is 10.1. The number of benzene rings is 1. The molecule has 0 radical (unpaired) electrons. The maximum atomic E-state index is 10.9. The van der Waals surface area contributed by atoms with E-state index < -0.39 is 5.97 Å². The Balaban J connectivity index is 0.00000106. The SMILES string of the molecule is CC.COc1cc(C(=O)O)cnc1-c1ccc(C#N)cc1. The molecule has 0 amide bonds. The van der Waals surface area contributed by atoms with Crippen LogP contribution in [0.2, 0.25) is 0 Å². The summed E-state index contributed by atoms with van der Waals surface area (Å²) in [7, 11) is 1.45. The van der Waals surface area contributed by atoms with Gasteiger partial charge in [0.15, 0.2) is 0 Å². The number of nitriles is 1. The molecule has 0 atom stereocenters. The van der Waals surface area contributed by atoms with Crippen LogP contribution in [-0.4, -0.2) is 23.2 Å². The van der Waals surface area contributed by atoms with Crippen molar-refractivity contribution >= 4 is 5.97 Å². The molecule has 0 aliphatic rings. The normalized spacial score (nSPS) is 9.05. The van der Waals surface area contributed by atoms with E-state index in [1.807, 2.05) is 19.9 Å². The molecule has 0 saturated carbocycles. The molecule has 0 bridgehead atoms. The molecule has 0 spiro atoms. The molecule has 0 unspecified atom stereocenters. The van der Waals surface area contributed by atoms with Crippen molar-refractivity contribution in [1.29, 1.82) is 5.26 Å². The predicted octanol–water partition coefficient (Wildman–Crippen LogP) is 3.35. The van der Waals surface area contributed by atoms with E-state index in [1.165, 1.54) is 19.4 Å². The fraction of sp³-hybridized carbons (Fsp3) is 0.188. The highest BCUT2D eigenvalue weighted by atomic mass is 16.5. The van der Waals surface area contributed by atoms with Gasteiger partial charge in [0.05, 0.1) is 24.3 Å². The highest BCUT2D eigenvalue weighted by Crippen LogP contribution is 2.28. The van der Waals surface area contributed by atoms with E-state index in [-0.39, 0.29) is 5.56 Å². The number of carbonyl (C=O) groups is 1. The van der Waals surface area contributed by atoms with Crippen LogP contribution in [0.1, 0.15) is 29.8 Å². The Hall–Kier alpha value is -2.87. The topological polar surface area (TPSA) is 83.2 Å². The van der Waals surface area contributed by atoms with Crippen LogP contribution in [-0.2, 0) is 0 Å². The van der Waals surface area contributed by atoms with Crippen molar-refractivity contribution in [2.45, 2.75) is 13.8 Å². The van der Waals surface area contributed by atoms with Crippen molar-refractivity contribution in [1.82, 2.24) is 4.98 Å². The molecule has 0 aliphatic heterocycles. The van der Waals surface area contributed by atoms with Crippen LogP contribution < -0.4 is 4.74 Å². The Kier molecular flexibility index (Phi) is 5.90. The first kappa shape index (κ1) is 16.2. The Labute approximate surface area is 123 Å². The minimum Gasteiger partial charge on any atom is -0.494 e. The number of nitrogens with zero attached hydrogens (tertiary/aromatic N) is 2. The quantitative estimate of drug-likeness (QED) is 0.934. The number of rotatable bonds is 3. The fourth-order valence-corrected chi connectivity index (χ4v) is 1.64. The van der Waals surface area contributed by atoms with Gasteiger partial charge in [-0.3, -0.25) is 4.98 Å². The predicted molar refractivity (Wildman–Crippen MR) is 79.2 cm³/mol. The first-order chi connectivity index (χ1) is 10.2. The molecule has 0 aliphatic carbocycles. The van der Waals surface area contributed by atoms with Crippen molar-refractivity contribution in [2.75, 3.05) is 7.11 Å². The zero-order chi connectivity index (χ0) is 15.8. The molecule has 1 aromatic carbocycles. The maximum absolute atomic E-state index is 10.9. The van der Waals surface area contributed by atoms with E-state index in [0.717, 1.165) is 5.56 Å². The summed E-state index contributed by atoms with van der Waals surface area (Å²) in [5, 5.41) is 17.6. The number of carboxylic acids is 1. The van der Waals surface area contributed by atoms with Gasteiger partial charge in [-0.05, 0) is 18.2 Å². The number of carboxylic acid groups (broad SMARTS) is 1. The summed E-state index contributed by atoms with van der Waals surface area (Å²) in [6.45, 7) is 4.00. The van der Waals surface area contributed by atoms with Crippen LogP contribution in [0.3, 0.4) is 0 Å². The van der Waals surface area contributed by atoms with E-state index >= 15 is 0 Å².